The second kappa shape index (κ2) is 11.7. The summed E-state index contributed by atoms with van der Waals surface area (Å²) in [6.07, 6.45) is 19.1. The summed E-state index contributed by atoms with van der Waals surface area (Å²) in [5.74, 6) is -0.688. The first-order chi connectivity index (χ1) is 11.1. The molecule has 1 aliphatic rings. The van der Waals surface area contributed by atoms with E-state index >= 15 is 0 Å². The van der Waals surface area contributed by atoms with E-state index in [1.807, 2.05) is 6.08 Å². The lowest BCUT2D eigenvalue weighted by atomic mass is 9.70. The molecule has 1 atom stereocenters. The van der Waals surface area contributed by atoms with Crippen LogP contribution in [0.3, 0.4) is 0 Å². The maximum Gasteiger partial charge on any atom is 0.303 e. The van der Waals surface area contributed by atoms with Crippen LogP contribution in [-0.2, 0) is 4.79 Å². The van der Waals surface area contributed by atoms with Gasteiger partial charge in [0.1, 0.15) is 0 Å². The Morgan fingerprint density at radius 2 is 1.83 bits per heavy atom. The van der Waals surface area contributed by atoms with Crippen molar-refractivity contribution in [3.05, 3.63) is 12.2 Å². The first-order valence-corrected chi connectivity index (χ1v) is 9.67. The summed E-state index contributed by atoms with van der Waals surface area (Å²) in [5, 5.41) is 18.8. The summed E-state index contributed by atoms with van der Waals surface area (Å²) in [4.78, 5) is 10.6. The van der Waals surface area contributed by atoms with Crippen LogP contribution >= 0.6 is 0 Å². The van der Waals surface area contributed by atoms with Crippen molar-refractivity contribution in [3.8, 4) is 0 Å². The Kier molecular flexibility index (Phi) is 10.3. The van der Waals surface area contributed by atoms with Crippen molar-refractivity contribution < 1.29 is 15.0 Å². The molecule has 2 N–H and O–H groups in total. The van der Waals surface area contributed by atoms with Gasteiger partial charge in [-0.05, 0) is 37.5 Å². The van der Waals surface area contributed by atoms with Crippen LogP contribution in [0, 0.1) is 5.41 Å². The predicted molar refractivity (Wildman–Crippen MR) is 95.5 cm³/mol. The van der Waals surface area contributed by atoms with Crippen LogP contribution in [0.2, 0.25) is 0 Å². The molecule has 0 aromatic rings. The van der Waals surface area contributed by atoms with Crippen molar-refractivity contribution in [1.29, 1.82) is 0 Å². The third-order valence-corrected chi connectivity index (χ3v) is 5.19. The number of hydrogen-bond acceptors (Lipinski definition) is 2. The quantitative estimate of drug-likeness (QED) is 0.370. The molecule has 0 aliphatic heterocycles. The fourth-order valence-corrected chi connectivity index (χ4v) is 3.70. The van der Waals surface area contributed by atoms with Gasteiger partial charge in [0.05, 0.1) is 6.10 Å². The molecule has 0 heterocycles. The SMILES string of the molecule is CCCCCC(O)C=CC1(CCCCCC(=O)O)CCCCC1. The molecule has 0 bridgehead atoms. The summed E-state index contributed by atoms with van der Waals surface area (Å²) in [6.45, 7) is 2.18. The summed E-state index contributed by atoms with van der Waals surface area (Å²) in [7, 11) is 0. The van der Waals surface area contributed by atoms with E-state index in [-0.39, 0.29) is 11.5 Å². The number of carbonyl (C=O) groups is 1. The van der Waals surface area contributed by atoms with Gasteiger partial charge in [-0.1, -0.05) is 70.4 Å². The molecule has 23 heavy (non-hydrogen) atoms. The van der Waals surface area contributed by atoms with E-state index in [0.29, 0.717) is 6.42 Å². The molecular formula is C20H36O3. The van der Waals surface area contributed by atoms with Crippen LogP contribution in [0.1, 0.15) is 96.8 Å². The van der Waals surface area contributed by atoms with E-state index < -0.39 is 5.97 Å². The molecule has 1 fully saturated rings. The summed E-state index contributed by atoms with van der Waals surface area (Å²) in [5.41, 5.74) is 0.257. The van der Waals surface area contributed by atoms with Crippen LogP contribution in [0.25, 0.3) is 0 Å². The maximum atomic E-state index is 10.6. The second-order valence-electron chi connectivity index (χ2n) is 7.30. The van der Waals surface area contributed by atoms with Gasteiger partial charge in [-0.25, -0.2) is 0 Å². The van der Waals surface area contributed by atoms with Gasteiger partial charge in [-0.3, -0.25) is 4.79 Å². The fourth-order valence-electron chi connectivity index (χ4n) is 3.70. The molecule has 3 nitrogen and oxygen atoms in total. The van der Waals surface area contributed by atoms with Crippen molar-refractivity contribution in [2.75, 3.05) is 0 Å². The summed E-state index contributed by atoms with van der Waals surface area (Å²) >= 11 is 0. The predicted octanol–water partition coefficient (Wildman–Crippen LogP) is 5.47. The molecule has 0 aromatic heterocycles. The van der Waals surface area contributed by atoms with E-state index in [9.17, 15) is 9.90 Å². The summed E-state index contributed by atoms with van der Waals surface area (Å²) in [6, 6.07) is 0. The number of carboxylic acids is 1. The van der Waals surface area contributed by atoms with Crippen molar-refractivity contribution >= 4 is 5.97 Å². The van der Waals surface area contributed by atoms with Gasteiger partial charge in [0.15, 0.2) is 0 Å². The third-order valence-electron chi connectivity index (χ3n) is 5.19. The standard InChI is InChI=1S/C20H36O3/c1-2-3-6-11-18(21)13-17-20(15-9-5-10-16-20)14-8-4-7-12-19(22)23/h13,17-18,21H,2-12,14-16H2,1H3,(H,22,23). The number of aliphatic hydroxyl groups excluding tert-OH is 1. The molecule has 1 unspecified atom stereocenters. The van der Waals surface area contributed by atoms with E-state index in [2.05, 4.69) is 13.0 Å². The van der Waals surface area contributed by atoms with Crippen LogP contribution in [0.4, 0.5) is 0 Å². The lowest BCUT2D eigenvalue weighted by Gasteiger charge is -2.35. The van der Waals surface area contributed by atoms with Gasteiger partial charge in [0.25, 0.3) is 0 Å². The lowest BCUT2D eigenvalue weighted by Crippen LogP contribution is -2.22. The van der Waals surface area contributed by atoms with Crippen molar-refractivity contribution in [1.82, 2.24) is 0 Å². The number of hydrogen-bond donors (Lipinski definition) is 2. The van der Waals surface area contributed by atoms with E-state index in [4.69, 9.17) is 5.11 Å². The molecule has 3 heteroatoms. The van der Waals surface area contributed by atoms with Crippen LogP contribution in [-0.4, -0.2) is 22.3 Å². The van der Waals surface area contributed by atoms with Gasteiger partial charge < -0.3 is 10.2 Å². The van der Waals surface area contributed by atoms with Crippen molar-refractivity contribution in [3.63, 3.8) is 0 Å². The average molecular weight is 325 g/mol. The van der Waals surface area contributed by atoms with Crippen molar-refractivity contribution in [2.24, 2.45) is 5.41 Å². The normalized spacial score (nSPS) is 19.0. The topological polar surface area (TPSA) is 57.5 Å². The Morgan fingerprint density at radius 3 is 2.48 bits per heavy atom. The largest absolute Gasteiger partial charge is 0.481 e. The first kappa shape index (κ1) is 20.2. The Labute approximate surface area is 142 Å². The van der Waals surface area contributed by atoms with Crippen LogP contribution in [0.5, 0.6) is 0 Å². The summed E-state index contributed by atoms with van der Waals surface area (Å²) < 4.78 is 0. The number of carboxylic acid groups (broad SMARTS) is 1. The number of aliphatic carboxylic acids is 1. The lowest BCUT2D eigenvalue weighted by molar-refractivity contribution is -0.137. The molecule has 1 aliphatic carbocycles. The molecule has 0 radical (unpaired) electrons. The highest BCUT2D eigenvalue weighted by Crippen LogP contribution is 2.42. The van der Waals surface area contributed by atoms with Gasteiger partial charge in [0.2, 0.25) is 0 Å². The Hall–Kier alpha value is -0.830. The Balaban J connectivity index is 2.41. The van der Waals surface area contributed by atoms with E-state index in [1.54, 1.807) is 0 Å². The molecular weight excluding hydrogens is 288 g/mol. The zero-order valence-electron chi connectivity index (χ0n) is 14.9. The highest BCUT2D eigenvalue weighted by atomic mass is 16.4. The molecule has 0 spiro atoms. The van der Waals surface area contributed by atoms with Gasteiger partial charge in [0, 0.05) is 6.42 Å². The first-order valence-electron chi connectivity index (χ1n) is 9.67. The monoisotopic (exact) mass is 324 g/mol. The average Bonchev–Trinajstić information content (AvgIpc) is 2.54. The minimum Gasteiger partial charge on any atom is -0.481 e. The number of rotatable bonds is 12. The number of allylic oxidation sites excluding steroid dienone is 1. The van der Waals surface area contributed by atoms with Gasteiger partial charge in [-0.15, -0.1) is 0 Å². The minimum absolute atomic E-state index is 0.257. The Morgan fingerprint density at radius 1 is 1.09 bits per heavy atom. The van der Waals surface area contributed by atoms with Gasteiger partial charge >= 0.3 is 5.97 Å². The minimum atomic E-state index is -0.688. The molecule has 1 saturated carbocycles. The highest BCUT2D eigenvalue weighted by Gasteiger charge is 2.28. The van der Waals surface area contributed by atoms with Crippen LogP contribution < -0.4 is 0 Å². The second-order valence-corrected chi connectivity index (χ2v) is 7.30. The van der Waals surface area contributed by atoms with E-state index in [0.717, 1.165) is 38.5 Å². The Bertz CT molecular complexity index is 343. The molecule has 0 aromatic carbocycles. The molecule has 1 rings (SSSR count). The highest BCUT2D eigenvalue weighted by molar-refractivity contribution is 5.66. The smallest absolute Gasteiger partial charge is 0.303 e. The number of unbranched alkanes of at least 4 members (excludes halogenated alkanes) is 4. The van der Waals surface area contributed by atoms with Crippen molar-refractivity contribution in [2.45, 2.75) is 103 Å². The van der Waals surface area contributed by atoms with Crippen LogP contribution in [0.15, 0.2) is 12.2 Å². The molecule has 0 saturated heterocycles. The molecule has 134 valence electrons. The maximum absolute atomic E-state index is 10.6. The zero-order valence-corrected chi connectivity index (χ0v) is 14.9. The molecule has 0 amide bonds. The van der Waals surface area contributed by atoms with E-state index in [1.165, 1.54) is 44.9 Å². The number of aliphatic hydroxyl groups is 1. The van der Waals surface area contributed by atoms with Gasteiger partial charge in [-0.2, -0.15) is 0 Å². The third kappa shape index (κ3) is 9.14. The fraction of sp³-hybridized carbons (Fsp3) is 0.850. The zero-order chi connectivity index (χ0) is 17.0.